The molecule has 0 aromatic carbocycles. The van der Waals surface area contributed by atoms with Crippen LogP contribution in [0.25, 0.3) is 0 Å². The fraction of sp³-hybridized carbons (Fsp3) is 0.462. The Morgan fingerprint density at radius 1 is 1.57 bits per heavy atom. The van der Waals surface area contributed by atoms with E-state index in [1.54, 1.807) is 11.3 Å². The van der Waals surface area contributed by atoms with E-state index in [0.717, 1.165) is 0 Å². The normalized spacial score (nSPS) is 14.0. The van der Waals surface area contributed by atoms with E-state index in [4.69, 9.17) is 0 Å². The maximum Gasteiger partial charge on any atom is 0.306 e. The van der Waals surface area contributed by atoms with Crippen LogP contribution in [0.3, 0.4) is 0 Å². The Balaban J connectivity index is 1.81. The van der Waals surface area contributed by atoms with E-state index in [1.807, 2.05) is 6.92 Å². The Hall–Kier alpha value is -1.77. The third kappa shape index (κ3) is 4.35. The fourth-order valence-corrected chi connectivity index (χ4v) is 2.83. The molecule has 0 aliphatic heterocycles. The molecule has 2 N–H and O–H groups in total. The Morgan fingerprint density at radius 3 is 2.90 bits per heavy atom. The van der Waals surface area contributed by atoms with Crippen molar-refractivity contribution < 1.29 is 10.0 Å². The van der Waals surface area contributed by atoms with Gasteiger partial charge in [0, 0.05) is 22.3 Å². The van der Waals surface area contributed by atoms with Crippen LogP contribution in [0.15, 0.2) is 24.5 Å². The van der Waals surface area contributed by atoms with Gasteiger partial charge in [0.15, 0.2) is 0 Å². The van der Waals surface area contributed by atoms with Crippen molar-refractivity contribution in [3.05, 3.63) is 44.4 Å². The lowest BCUT2D eigenvalue weighted by molar-refractivity contribution is -0.385. The summed E-state index contributed by atoms with van der Waals surface area (Å²) in [4.78, 5) is 12.5. The van der Waals surface area contributed by atoms with Gasteiger partial charge in [0.2, 0.25) is 0 Å². The third-order valence-electron chi connectivity index (χ3n) is 3.08. The molecule has 2 aromatic heterocycles. The summed E-state index contributed by atoms with van der Waals surface area (Å²) in [7, 11) is 0. The summed E-state index contributed by atoms with van der Waals surface area (Å²) in [5.74, 6) is 0. The van der Waals surface area contributed by atoms with E-state index in [-0.39, 0.29) is 18.3 Å². The van der Waals surface area contributed by atoms with Gasteiger partial charge in [-0.1, -0.05) is 0 Å². The molecule has 2 atom stereocenters. The number of nitrogens with zero attached hydrogens (tertiary/aromatic N) is 3. The average Bonchev–Trinajstić information content (AvgIpc) is 3.05. The number of hydrogen-bond donors (Lipinski definition) is 2. The summed E-state index contributed by atoms with van der Waals surface area (Å²) in [6.07, 6.45) is 1.83. The van der Waals surface area contributed by atoms with Crippen LogP contribution in [0, 0.1) is 17.0 Å². The van der Waals surface area contributed by atoms with Crippen molar-refractivity contribution >= 4 is 17.0 Å². The predicted molar refractivity (Wildman–Crippen MR) is 80.4 cm³/mol. The Kier molecular flexibility index (Phi) is 5.05. The second-order valence-electron chi connectivity index (χ2n) is 4.91. The lowest BCUT2D eigenvalue weighted by atomic mass is 10.2. The molecule has 21 heavy (non-hydrogen) atoms. The molecule has 0 bridgehead atoms. The van der Waals surface area contributed by atoms with Gasteiger partial charge >= 0.3 is 5.69 Å². The van der Waals surface area contributed by atoms with E-state index >= 15 is 0 Å². The number of nitro groups is 1. The first kappa shape index (κ1) is 15.6. The van der Waals surface area contributed by atoms with E-state index in [2.05, 4.69) is 29.5 Å². The largest absolute Gasteiger partial charge is 0.390 e. The van der Waals surface area contributed by atoms with Gasteiger partial charge < -0.3 is 10.4 Å². The smallest absolute Gasteiger partial charge is 0.306 e. The lowest BCUT2D eigenvalue weighted by Crippen LogP contribution is -2.31. The standard InChI is InChI=1S/C13H18N4O3S/c1-9-3-4-13(21-9)10(2)14-6-12(18)8-16-7-11(5-15-16)17(19)20/h3-5,7,10,12,14,18H,6,8H2,1-2H3. The van der Waals surface area contributed by atoms with E-state index < -0.39 is 11.0 Å². The van der Waals surface area contributed by atoms with Gasteiger partial charge in [0.05, 0.1) is 17.6 Å². The second-order valence-corrected chi connectivity index (χ2v) is 6.23. The zero-order valence-corrected chi connectivity index (χ0v) is 12.7. The van der Waals surface area contributed by atoms with Gasteiger partial charge in [0.1, 0.15) is 12.4 Å². The van der Waals surface area contributed by atoms with Gasteiger partial charge in [-0.3, -0.25) is 14.8 Å². The number of aliphatic hydroxyl groups excluding tert-OH is 1. The van der Waals surface area contributed by atoms with E-state index in [0.29, 0.717) is 6.54 Å². The molecule has 0 aliphatic carbocycles. The highest BCUT2D eigenvalue weighted by molar-refractivity contribution is 7.12. The maximum absolute atomic E-state index is 10.6. The summed E-state index contributed by atoms with van der Waals surface area (Å²) >= 11 is 1.72. The van der Waals surface area contributed by atoms with Crippen molar-refractivity contribution in [3.8, 4) is 0 Å². The highest BCUT2D eigenvalue weighted by atomic mass is 32.1. The monoisotopic (exact) mass is 310 g/mol. The Morgan fingerprint density at radius 2 is 2.33 bits per heavy atom. The maximum atomic E-state index is 10.6. The van der Waals surface area contributed by atoms with Crippen LogP contribution in [-0.4, -0.2) is 32.5 Å². The van der Waals surface area contributed by atoms with Gasteiger partial charge in [-0.2, -0.15) is 5.10 Å². The van der Waals surface area contributed by atoms with Crippen LogP contribution >= 0.6 is 11.3 Å². The van der Waals surface area contributed by atoms with Gasteiger partial charge in [-0.15, -0.1) is 11.3 Å². The zero-order valence-electron chi connectivity index (χ0n) is 11.9. The topological polar surface area (TPSA) is 93.2 Å². The van der Waals surface area contributed by atoms with Gasteiger partial charge in [-0.05, 0) is 26.0 Å². The van der Waals surface area contributed by atoms with Crippen molar-refractivity contribution in [2.75, 3.05) is 6.54 Å². The molecule has 2 rings (SSSR count). The quantitative estimate of drug-likeness (QED) is 0.601. The summed E-state index contributed by atoms with van der Waals surface area (Å²) in [6.45, 7) is 4.71. The number of hydrogen-bond acceptors (Lipinski definition) is 6. The van der Waals surface area contributed by atoms with Crippen LogP contribution in [-0.2, 0) is 6.54 Å². The molecule has 0 aliphatic rings. The number of thiophene rings is 1. The van der Waals surface area contributed by atoms with Crippen LogP contribution < -0.4 is 5.32 Å². The van der Waals surface area contributed by atoms with Crippen molar-refractivity contribution in [1.82, 2.24) is 15.1 Å². The minimum atomic E-state index is -0.659. The fourth-order valence-electron chi connectivity index (χ4n) is 1.93. The van der Waals surface area contributed by atoms with Crippen LogP contribution in [0.4, 0.5) is 5.69 Å². The first-order valence-corrected chi connectivity index (χ1v) is 7.42. The molecule has 8 heteroatoms. The molecular weight excluding hydrogens is 292 g/mol. The van der Waals surface area contributed by atoms with Gasteiger partial charge in [-0.25, -0.2) is 0 Å². The minimum absolute atomic E-state index is 0.0717. The summed E-state index contributed by atoms with van der Waals surface area (Å²) in [5, 5.41) is 27.6. The van der Waals surface area contributed by atoms with Crippen LogP contribution in [0.5, 0.6) is 0 Å². The average molecular weight is 310 g/mol. The number of aliphatic hydroxyl groups is 1. The van der Waals surface area contributed by atoms with Crippen molar-refractivity contribution in [2.45, 2.75) is 32.5 Å². The van der Waals surface area contributed by atoms with Gasteiger partial charge in [0.25, 0.3) is 0 Å². The highest BCUT2D eigenvalue weighted by Gasteiger charge is 2.13. The molecule has 0 spiro atoms. The molecule has 2 aromatic rings. The zero-order chi connectivity index (χ0) is 15.4. The second kappa shape index (κ2) is 6.79. The lowest BCUT2D eigenvalue weighted by Gasteiger charge is -2.16. The summed E-state index contributed by atoms with van der Waals surface area (Å²) in [5.41, 5.74) is -0.0717. The summed E-state index contributed by atoms with van der Waals surface area (Å²) < 4.78 is 1.38. The molecular formula is C13H18N4O3S. The third-order valence-corrected chi connectivity index (χ3v) is 4.26. The molecule has 114 valence electrons. The van der Waals surface area contributed by atoms with Crippen molar-refractivity contribution in [1.29, 1.82) is 0 Å². The first-order chi connectivity index (χ1) is 9.95. The number of rotatable bonds is 7. The minimum Gasteiger partial charge on any atom is -0.390 e. The molecule has 0 amide bonds. The molecule has 0 fully saturated rings. The Bertz CT molecular complexity index is 610. The molecule has 0 radical (unpaired) electrons. The number of nitrogens with one attached hydrogen (secondary N) is 1. The molecule has 2 unspecified atom stereocenters. The van der Waals surface area contributed by atoms with E-state index in [9.17, 15) is 15.2 Å². The summed E-state index contributed by atoms with van der Waals surface area (Å²) in [6, 6.07) is 4.29. The van der Waals surface area contributed by atoms with E-state index in [1.165, 1.54) is 26.8 Å². The van der Waals surface area contributed by atoms with Crippen molar-refractivity contribution in [2.24, 2.45) is 0 Å². The molecule has 0 saturated heterocycles. The number of aromatic nitrogens is 2. The first-order valence-electron chi connectivity index (χ1n) is 6.60. The molecule has 0 saturated carbocycles. The van der Waals surface area contributed by atoms with Crippen LogP contribution in [0.2, 0.25) is 0 Å². The Labute approximate surface area is 126 Å². The van der Waals surface area contributed by atoms with Crippen LogP contribution in [0.1, 0.15) is 22.7 Å². The van der Waals surface area contributed by atoms with Crippen molar-refractivity contribution in [3.63, 3.8) is 0 Å². The molecule has 2 heterocycles. The molecule has 7 nitrogen and oxygen atoms in total. The highest BCUT2D eigenvalue weighted by Crippen LogP contribution is 2.22. The number of aryl methyl sites for hydroxylation is 1. The predicted octanol–water partition coefficient (Wildman–Crippen LogP) is 1.87. The SMILES string of the molecule is Cc1ccc(C(C)NCC(O)Cn2cc([N+](=O)[O-])cn2)s1.